The van der Waals surface area contributed by atoms with Crippen molar-refractivity contribution < 1.29 is 17.9 Å². The van der Waals surface area contributed by atoms with Crippen LogP contribution in [0.25, 0.3) is 0 Å². The molecule has 0 aliphatic heterocycles. The van der Waals surface area contributed by atoms with Crippen molar-refractivity contribution in [1.29, 1.82) is 0 Å². The molecule has 1 rings (SSSR count). The topological polar surface area (TPSA) is 64.6 Å². The summed E-state index contributed by atoms with van der Waals surface area (Å²) in [6.07, 6.45) is 0.526. The first-order chi connectivity index (χ1) is 9.52. The Hall–Kier alpha value is -1.11. The van der Waals surface area contributed by atoms with Crippen molar-refractivity contribution in [3.8, 4) is 5.75 Å². The second-order valence-electron chi connectivity index (χ2n) is 4.58. The maximum Gasteiger partial charge on any atom is 0.152 e. The zero-order valence-electron chi connectivity index (χ0n) is 12.3. The highest BCUT2D eigenvalue weighted by Crippen LogP contribution is 2.19. The molecule has 0 amide bonds. The fraction of sp³-hybridized carbons (Fsp3) is 0.571. The van der Waals surface area contributed by atoms with Gasteiger partial charge in [-0.25, -0.2) is 8.42 Å². The minimum atomic E-state index is -3.10. The summed E-state index contributed by atoms with van der Waals surface area (Å²) in [7, 11) is 1.83. The molecule has 6 heteroatoms. The van der Waals surface area contributed by atoms with E-state index in [1.54, 1.807) is 21.3 Å². The Morgan fingerprint density at radius 1 is 1.20 bits per heavy atom. The molecule has 0 aromatic heterocycles. The van der Waals surface area contributed by atoms with Gasteiger partial charge in [0.2, 0.25) is 0 Å². The van der Waals surface area contributed by atoms with Crippen molar-refractivity contribution in [2.24, 2.45) is 0 Å². The summed E-state index contributed by atoms with van der Waals surface area (Å²) in [6, 6.07) is 7.21. The molecular formula is C14H23NO4S. The van der Waals surface area contributed by atoms with Gasteiger partial charge in [-0.15, -0.1) is 0 Å². The Morgan fingerprint density at radius 2 is 1.85 bits per heavy atom. The van der Waals surface area contributed by atoms with Crippen LogP contribution in [0.4, 0.5) is 0 Å². The van der Waals surface area contributed by atoms with Gasteiger partial charge in [0.05, 0.1) is 18.6 Å². The Morgan fingerprint density at radius 3 is 2.35 bits per heavy atom. The Kier molecular flexibility index (Phi) is 6.98. The number of ether oxygens (including phenoxy) is 2. The van der Waals surface area contributed by atoms with E-state index in [0.717, 1.165) is 11.3 Å². The monoisotopic (exact) mass is 301 g/mol. The van der Waals surface area contributed by atoms with Crippen LogP contribution in [0, 0.1) is 0 Å². The van der Waals surface area contributed by atoms with E-state index < -0.39 is 9.84 Å². The summed E-state index contributed by atoms with van der Waals surface area (Å²) in [5.41, 5.74) is 0.934. The van der Waals surface area contributed by atoms with Crippen LogP contribution < -0.4 is 10.1 Å². The maximum absolute atomic E-state index is 12.1. The number of nitrogens with one attached hydrogen (secondary N) is 1. The molecule has 1 atom stereocenters. The van der Waals surface area contributed by atoms with E-state index in [2.05, 4.69) is 5.32 Å². The molecule has 0 aliphatic rings. The third-order valence-corrected chi connectivity index (χ3v) is 4.84. The Bertz CT molecular complexity index is 484. The normalized spacial score (nSPS) is 13.2. The number of methoxy groups -OCH3 is 2. The molecular weight excluding hydrogens is 278 g/mol. The minimum Gasteiger partial charge on any atom is -0.497 e. The van der Waals surface area contributed by atoms with Crippen LogP contribution in [0.5, 0.6) is 5.75 Å². The van der Waals surface area contributed by atoms with E-state index in [0.29, 0.717) is 13.0 Å². The van der Waals surface area contributed by atoms with Crippen molar-refractivity contribution in [2.45, 2.75) is 12.5 Å². The van der Waals surface area contributed by atoms with Gasteiger partial charge >= 0.3 is 0 Å². The van der Waals surface area contributed by atoms with Crippen LogP contribution >= 0.6 is 0 Å². The van der Waals surface area contributed by atoms with Gasteiger partial charge in [0.15, 0.2) is 9.84 Å². The summed E-state index contributed by atoms with van der Waals surface area (Å²) in [5.74, 6) is 0.987. The number of hydrogen-bond donors (Lipinski definition) is 1. The van der Waals surface area contributed by atoms with E-state index >= 15 is 0 Å². The second-order valence-corrected chi connectivity index (χ2v) is 6.80. The first-order valence-electron chi connectivity index (χ1n) is 6.53. The summed E-state index contributed by atoms with van der Waals surface area (Å²) >= 11 is 0. The third-order valence-electron chi connectivity index (χ3n) is 3.09. The number of sulfone groups is 1. The summed E-state index contributed by atoms with van der Waals surface area (Å²) in [4.78, 5) is 0. The molecule has 0 radical (unpaired) electrons. The highest BCUT2D eigenvalue weighted by atomic mass is 32.2. The average molecular weight is 301 g/mol. The van der Waals surface area contributed by atoms with Crippen molar-refractivity contribution in [3.63, 3.8) is 0 Å². The summed E-state index contributed by atoms with van der Waals surface area (Å²) < 4.78 is 34.1. The first-order valence-corrected chi connectivity index (χ1v) is 8.35. The Balaban J connectivity index is 2.70. The molecule has 1 N–H and O–H groups in total. The van der Waals surface area contributed by atoms with Crippen LogP contribution in [0.2, 0.25) is 0 Å². The molecule has 0 aliphatic carbocycles. The molecule has 20 heavy (non-hydrogen) atoms. The lowest BCUT2D eigenvalue weighted by atomic mass is 10.1. The summed E-state index contributed by atoms with van der Waals surface area (Å²) in [6.45, 7) is 0.464. The van der Waals surface area contributed by atoms with Gasteiger partial charge in [-0.1, -0.05) is 12.1 Å². The first kappa shape index (κ1) is 16.9. The smallest absolute Gasteiger partial charge is 0.152 e. The minimum absolute atomic E-state index is 0.0829. The summed E-state index contributed by atoms with van der Waals surface area (Å²) in [5, 5.41) is 3.05. The van der Waals surface area contributed by atoms with E-state index in [9.17, 15) is 8.42 Å². The van der Waals surface area contributed by atoms with Crippen LogP contribution in [-0.4, -0.2) is 47.8 Å². The second kappa shape index (κ2) is 8.24. The van der Waals surface area contributed by atoms with E-state index in [-0.39, 0.29) is 17.5 Å². The zero-order chi connectivity index (χ0) is 15.0. The molecule has 1 aromatic carbocycles. The average Bonchev–Trinajstić information content (AvgIpc) is 2.45. The largest absolute Gasteiger partial charge is 0.497 e. The van der Waals surface area contributed by atoms with Crippen molar-refractivity contribution in [1.82, 2.24) is 5.32 Å². The molecule has 0 heterocycles. The predicted octanol–water partition coefficient (Wildman–Crippen LogP) is 1.41. The van der Waals surface area contributed by atoms with Gasteiger partial charge < -0.3 is 14.8 Å². The van der Waals surface area contributed by atoms with Gasteiger partial charge in [0.1, 0.15) is 5.75 Å². The fourth-order valence-corrected chi connectivity index (χ4v) is 3.53. The highest BCUT2D eigenvalue weighted by molar-refractivity contribution is 7.91. The number of rotatable bonds is 9. The van der Waals surface area contributed by atoms with Crippen molar-refractivity contribution in [3.05, 3.63) is 29.8 Å². The van der Waals surface area contributed by atoms with Gasteiger partial charge in [-0.05, 0) is 31.2 Å². The van der Waals surface area contributed by atoms with Gasteiger partial charge in [0.25, 0.3) is 0 Å². The molecule has 0 bridgehead atoms. The van der Waals surface area contributed by atoms with Gasteiger partial charge in [-0.2, -0.15) is 0 Å². The van der Waals surface area contributed by atoms with Crippen LogP contribution in [0.15, 0.2) is 24.3 Å². The van der Waals surface area contributed by atoms with Crippen LogP contribution in [-0.2, 0) is 14.6 Å². The predicted molar refractivity (Wildman–Crippen MR) is 79.9 cm³/mol. The lowest BCUT2D eigenvalue weighted by molar-refractivity contribution is 0.199. The van der Waals surface area contributed by atoms with Crippen molar-refractivity contribution in [2.75, 3.05) is 39.4 Å². The SMILES string of the molecule is CNC(CS(=O)(=O)CCCOC)c1ccc(OC)cc1. The molecule has 0 saturated carbocycles. The fourth-order valence-electron chi connectivity index (χ4n) is 1.94. The zero-order valence-corrected chi connectivity index (χ0v) is 13.1. The van der Waals surface area contributed by atoms with Gasteiger partial charge in [0, 0.05) is 19.8 Å². The number of hydrogen-bond acceptors (Lipinski definition) is 5. The molecule has 0 fully saturated rings. The molecule has 0 spiro atoms. The molecule has 0 saturated heterocycles. The molecule has 114 valence electrons. The molecule has 5 nitrogen and oxygen atoms in total. The van der Waals surface area contributed by atoms with E-state index in [1.165, 1.54) is 0 Å². The van der Waals surface area contributed by atoms with Crippen LogP contribution in [0.3, 0.4) is 0 Å². The Labute approximate surface area is 121 Å². The molecule has 1 aromatic rings. The standard InChI is InChI=1S/C14H23NO4S/c1-15-14(11-20(16,17)10-4-9-18-2)12-5-7-13(19-3)8-6-12/h5-8,14-15H,4,9-11H2,1-3H3. The van der Waals surface area contributed by atoms with Crippen LogP contribution in [0.1, 0.15) is 18.0 Å². The number of benzene rings is 1. The lowest BCUT2D eigenvalue weighted by Gasteiger charge is -2.17. The lowest BCUT2D eigenvalue weighted by Crippen LogP contribution is -2.27. The van der Waals surface area contributed by atoms with Gasteiger partial charge in [-0.3, -0.25) is 0 Å². The van der Waals surface area contributed by atoms with E-state index in [1.807, 2.05) is 24.3 Å². The highest BCUT2D eigenvalue weighted by Gasteiger charge is 2.19. The third kappa shape index (κ3) is 5.48. The van der Waals surface area contributed by atoms with Crippen molar-refractivity contribution >= 4 is 9.84 Å². The molecule has 1 unspecified atom stereocenters. The van der Waals surface area contributed by atoms with E-state index in [4.69, 9.17) is 9.47 Å². The maximum atomic E-state index is 12.1. The quantitative estimate of drug-likeness (QED) is 0.699.